The monoisotopic (exact) mass is 397 g/mol. The van der Waals surface area contributed by atoms with E-state index >= 15 is 0 Å². The zero-order valence-electron chi connectivity index (χ0n) is 13.9. The van der Waals surface area contributed by atoms with Crippen molar-refractivity contribution in [3.63, 3.8) is 0 Å². The topological polar surface area (TPSA) is 120 Å². The van der Waals surface area contributed by atoms with Crippen molar-refractivity contribution in [1.29, 1.82) is 0 Å². The molecule has 2 rings (SSSR count). The molecule has 0 saturated heterocycles. The fourth-order valence-corrected chi connectivity index (χ4v) is 3.19. The minimum Gasteiger partial charge on any atom is -0.493 e. The Morgan fingerprint density at radius 3 is 2.50 bits per heavy atom. The van der Waals surface area contributed by atoms with Crippen LogP contribution in [0.25, 0.3) is 0 Å². The summed E-state index contributed by atoms with van der Waals surface area (Å²) in [6, 6.07) is 8.18. The number of primary amides is 1. The number of hydrazone groups is 1. The number of carbonyl (C=O) groups excluding carboxylic acids is 1. The Bertz CT molecular complexity index is 943. The zero-order valence-corrected chi connectivity index (χ0v) is 15.5. The highest BCUT2D eigenvalue weighted by molar-refractivity contribution is 7.87. The standard InChI is InChI=1S/C16H16ClN3O5S/c1-10-3-5-12(6-4-10)26(22,23)25-15-13(17)7-11(8-14(15)24-2)9-19-20-16(18)21/h3-9H,1-2H3,(H3,18,20,21)/b19-9+. The molecule has 0 aromatic heterocycles. The molecule has 2 amide bonds. The summed E-state index contributed by atoms with van der Waals surface area (Å²) in [5.41, 5.74) is 8.27. The second-order valence-electron chi connectivity index (χ2n) is 5.12. The van der Waals surface area contributed by atoms with Gasteiger partial charge in [0, 0.05) is 0 Å². The van der Waals surface area contributed by atoms with Gasteiger partial charge >= 0.3 is 16.1 Å². The van der Waals surface area contributed by atoms with Gasteiger partial charge in [-0.2, -0.15) is 13.5 Å². The number of urea groups is 1. The normalized spacial score (nSPS) is 11.3. The van der Waals surface area contributed by atoms with E-state index in [1.54, 1.807) is 12.1 Å². The van der Waals surface area contributed by atoms with Crippen LogP contribution in [0.5, 0.6) is 11.5 Å². The lowest BCUT2D eigenvalue weighted by Gasteiger charge is -2.13. The van der Waals surface area contributed by atoms with E-state index in [1.807, 2.05) is 12.3 Å². The largest absolute Gasteiger partial charge is 0.493 e. The van der Waals surface area contributed by atoms with Gasteiger partial charge in [-0.1, -0.05) is 29.3 Å². The maximum absolute atomic E-state index is 12.4. The van der Waals surface area contributed by atoms with Gasteiger partial charge in [0.1, 0.15) is 4.90 Å². The first kappa shape index (κ1) is 19.5. The van der Waals surface area contributed by atoms with E-state index in [1.165, 1.54) is 37.6 Å². The number of nitrogens with two attached hydrogens (primary N) is 1. The number of hydrogen-bond acceptors (Lipinski definition) is 6. The zero-order chi connectivity index (χ0) is 19.3. The molecule has 26 heavy (non-hydrogen) atoms. The molecule has 0 saturated carbocycles. The molecule has 138 valence electrons. The molecular weight excluding hydrogens is 382 g/mol. The van der Waals surface area contributed by atoms with Crippen LogP contribution in [-0.2, 0) is 10.1 Å². The van der Waals surface area contributed by atoms with Crippen molar-refractivity contribution in [2.45, 2.75) is 11.8 Å². The van der Waals surface area contributed by atoms with Crippen LogP contribution in [0.4, 0.5) is 4.79 Å². The molecule has 0 unspecified atom stereocenters. The van der Waals surface area contributed by atoms with Crippen LogP contribution in [0.3, 0.4) is 0 Å². The molecule has 0 aliphatic carbocycles. The minimum atomic E-state index is -4.10. The SMILES string of the molecule is COc1cc(/C=N/NC(N)=O)cc(Cl)c1OS(=O)(=O)c1ccc(C)cc1. The molecule has 3 N–H and O–H groups in total. The van der Waals surface area contributed by atoms with Crippen molar-refractivity contribution in [3.8, 4) is 11.5 Å². The molecule has 10 heteroatoms. The second kappa shape index (κ2) is 8.07. The second-order valence-corrected chi connectivity index (χ2v) is 7.07. The van der Waals surface area contributed by atoms with E-state index < -0.39 is 16.1 Å². The average molecular weight is 398 g/mol. The molecule has 0 fully saturated rings. The highest BCUT2D eigenvalue weighted by atomic mass is 35.5. The Hall–Kier alpha value is -2.78. The maximum Gasteiger partial charge on any atom is 0.339 e. The third-order valence-corrected chi connectivity index (χ3v) is 4.66. The molecule has 0 bridgehead atoms. The fourth-order valence-electron chi connectivity index (χ4n) is 1.93. The van der Waals surface area contributed by atoms with Crippen molar-refractivity contribution < 1.29 is 22.1 Å². The summed E-state index contributed by atoms with van der Waals surface area (Å²) in [5.74, 6) is -0.0801. The quantitative estimate of drug-likeness (QED) is 0.440. The smallest absolute Gasteiger partial charge is 0.339 e. The number of halogens is 1. The van der Waals surface area contributed by atoms with Crippen LogP contribution >= 0.6 is 11.6 Å². The molecular formula is C16H16ClN3O5S. The molecule has 2 aromatic rings. The highest BCUT2D eigenvalue weighted by Gasteiger charge is 2.22. The van der Waals surface area contributed by atoms with Gasteiger partial charge in [0.2, 0.25) is 5.75 Å². The average Bonchev–Trinajstić information content (AvgIpc) is 2.57. The summed E-state index contributed by atoms with van der Waals surface area (Å²) in [4.78, 5) is 10.6. The fraction of sp³-hybridized carbons (Fsp3) is 0.125. The van der Waals surface area contributed by atoms with Gasteiger partial charge in [-0.3, -0.25) is 0 Å². The van der Waals surface area contributed by atoms with E-state index in [0.29, 0.717) is 5.56 Å². The molecule has 0 spiro atoms. The molecule has 8 nitrogen and oxygen atoms in total. The molecule has 0 aliphatic rings. The van der Waals surface area contributed by atoms with E-state index in [2.05, 4.69) is 5.10 Å². The predicted molar refractivity (Wildman–Crippen MR) is 97.3 cm³/mol. The Labute approximate surface area is 155 Å². The lowest BCUT2D eigenvalue weighted by atomic mass is 10.2. The number of benzene rings is 2. The number of amides is 2. The van der Waals surface area contributed by atoms with E-state index in [4.69, 9.17) is 26.3 Å². The van der Waals surface area contributed by atoms with E-state index in [9.17, 15) is 13.2 Å². The number of aryl methyl sites for hydroxylation is 1. The van der Waals surface area contributed by atoms with Gasteiger partial charge in [-0.25, -0.2) is 10.2 Å². The lowest BCUT2D eigenvalue weighted by molar-refractivity contribution is 0.249. The van der Waals surface area contributed by atoms with Crippen LogP contribution in [0, 0.1) is 6.92 Å². The van der Waals surface area contributed by atoms with E-state index in [0.717, 1.165) is 5.56 Å². The summed E-state index contributed by atoms with van der Waals surface area (Å²) < 4.78 is 35.2. The number of rotatable bonds is 6. The van der Waals surface area contributed by atoms with Crippen molar-refractivity contribution >= 4 is 34.0 Å². The highest BCUT2D eigenvalue weighted by Crippen LogP contribution is 2.38. The van der Waals surface area contributed by atoms with Gasteiger partial charge in [0.25, 0.3) is 0 Å². The van der Waals surface area contributed by atoms with Gasteiger partial charge in [0.05, 0.1) is 18.3 Å². The van der Waals surface area contributed by atoms with Crippen LogP contribution < -0.4 is 20.1 Å². The van der Waals surface area contributed by atoms with Gasteiger partial charge in [-0.05, 0) is 36.8 Å². The first-order chi connectivity index (χ1) is 12.2. The number of carbonyl (C=O) groups is 1. The number of ether oxygens (including phenoxy) is 1. The van der Waals surface area contributed by atoms with Crippen LogP contribution in [0.1, 0.15) is 11.1 Å². The van der Waals surface area contributed by atoms with Crippen LogP contribution in [0.2, 0.25) is 5.02 Å². The summed E-state index contributed by atoms with van der Waals surface area (Å²) in [7, 11) is -2.76. The molecule has 0 atom stereocenters. The van der Waals surface area contributed by atoms with Gasteiger partial charge in [0.15, 0.2) is 5.75 Å². The Morgan fingerprint density at radius 2 is 1.92 bits per heavy atom. The van der Waals surface area contributed by atoms with Crippen molar-refractivity contribution in [1.82, 2.24) is 5.43 Å². The van der Waals surface area contributed by atoms with Crippen LogP contribution in [0.15, 0.2) is 46.4 Å². The minimum absolute atomic E-state index is 0.0134. The predicted octanol–water partition coefficient (Wildman–Crippen LogP) is 2.43. The first-order valence-corrected chi connectivity index (χ1v) is 8.99. The van der Waals surface area contributed by atoms with E-state index in [-0.39, 0.29) is 21.4 Å². The van der Waals surface area contributed by atoms with Crippen molar-refractivity contribution in [2.75, 3.05) is 7.11 Å². The van der Waals surface area contributed by atoms with Gasteiger partial charge < -0.3 is 14.7 Å². The molecule has 0 heterocycles. The number of hydrogen-bond donors (Lipinski definition) is 2. The lowest BCUT2D eigenvalue weighted by Crippen LogP contribution is -2.24. The molecule has 0 aliphatic heterocycles. The van der Waals surface area contributed by atoms with Gasteiger partial charge in [-0.15, -0.1) is 0 Å². The summed E-state index contributed by atoms with van der Waals surface area (Å²) >= 11 is 6.13. The third kappa shape index (κ3) is 4.87. The summed E-state index contributed by atoms with van der Waals surface area (Å²) in [6.45, 7) is 1.84. The first-order valence-electron chi connectivity index (χ1n) is 7.20. The Balaban J connectivity index is 2.35. The molecule has 2 aromatic carbocycles. The van der Waals surface area contributed by atoms with Crippen molar-refractivity contribution in [2.24, 2.45) is 10.8 Å². The van der Waals surface area contributed by atoms with Crippen molar-refractivity contribution in [3.05, 3.63) is 52.5 Å². The number of nitrogens with zero attached hydrogens (tertiary/aromatic N) is 1. The third-order valence-electron chi connectivity index (χ3n) is 3.14. The Morgan fingerprint density at radius 1 is 1.27 bits per heavy atom. The number of nitrogens with one attached hydrogen (secondary N) is 1. The Kier molecular flexibility index (Phi) is 6.06. The number of methoxy groups -OCH3 is 1. The summed E-state index contributed by atoms with van der Waals surface area (Å²) in [5, 5.41) is 3.58. The van der Waals surface area contributed by atoms with Crippen LogP contribution in [-0.4, -0.2) is 27.8 Å². The maximum atomic E-state index is 12.4. The molecule has 0 radical (unpaired) electrons. The summed E-state index contributed by atoms with van der Waals surface area (Å²) in [6.07, 6.45) is 1.26.